The van der Waals surface area contributed by atoms with Gasteiger partial charge in [0.1, 0.15) is 5.15 Å². The summed E-state index contributed by atoms with van der Waals surface area (Å²) in [5, 5.41) is 4.02. The Bertz CT molecular complexity index is 886. The van der Waals surface area contributed by atoms with Crippen LogP contribution in [0.5, 0.6) is 0 Å². The van der Waals surface area contributed by atoms with E-state index in [9.17, 15) is 4.79 Å². The number of hydrogen-bond donors (Lipinski definition) is 1. The third-order valence-electron chi connectivity index (χ3n) is 5.36. The van der Waals surface area contributed by atoms with Gasteiger partial charge >= 0.3 is 6.03 Å². The number of rotatable bonds is 4. The van der Waals surface area contributed by atoms with Gasteiger partial charge in [-0.3, -0.25) is 4.98 Å². The van der Waals surface area contributed by atoms with Crippen molar-refractivity contribution < 1.29 is 4.79 Å². The van der Waals surface area contributed by atoms with Crippen molar-refractivity contribution in [1.29, 1.82) is 0 Å². The quantitative estimate of drug-likeness (QED) is 0.711. The summed E-state index contributed by atoms with van der Waals surface area (Å²) in [5.74, 6) is 0. The first kappa shape index (κ1) is 22.1. The van der Waals surface area contributed by atoms with Crippen molar-refractivity contribution in [2.75, 3.05) is 27.2 Å². The molecule has 0 saturated carbocycles. The number of carbonyl (C=O) groups is 1. The van der Waals surface area contributed by atoms with E-state index in [0.717, 1.165) is 31.5 Å². The van der Waals surface area contributed by atoms with E-state index in [0.29, 0.717) is 21.3 Å². The summed E-state index contributed by atoms with van der Waals surface area (Å²) in [4.78, 5) is 25.0. The van der Waals surface area contributed by atoms with Crippen LogP contribution in [0, 0.1) is 0 Å². The first-order valence-electron chi connectivity index (χ1n) is 9.45. The van der Waals surface area contributed by atoms with E-state index in [2.05, 4.69) is 27.2 Å². The molecule has 0 radical (unpaired) electrons. The molecule has 1 fully saturated rings. The minimum Gasteiger partial charge on any atom is -0.331 e. The molecule has 156 valence electrons. The number of amides is 2. The first-order chi connectivity index (χ1) is 13.8. The maximum atomic E-state index is 12.7. The minimum atomic E-state index is -0.305. The van der Waals surface area contributed by atoms with Crippen molar-refractivity contribution in [3.05, 3.63) is 45.3 Å². The number of benzene rings is 1. The predicted molar refractivity (Wildman–Crippen MR) is 118 cm³/mol. The van der Waals surface area contributed by atoms with Gasteiger partial charge in [-0.05, 0) is 45.5 Å². The van der Waals surface area contributed by atoms with Crippen LogP contribution in [-0.2, 0) is 0 Å². The van der Waals surface area contributed by atoms with Gasteiger partial charge < -0.3 is 15.1 Å². The van der Waals surface area contributed by atoms with E-state index in [1.807, 2.05) is 26.1 Å². The molecule has 9 heteroatoms. The average Bonchev–Trinajstić information content (AvgIpc) is 2.69. The lowest BCUT2D eigenvalue weighted by atomic mass is 10.0. The molecule has 3 rings (SSSR count). The van der Waals surface area contributed by atoms with Crippen LogP contribution < -0.4 is 5.32 Å². The topological polar surface area (TPSA) is 61.4 Å². The van der Waals surface area contributed by atoms with Crippen LogP contribution in [0.15, 0.2) is 24.5 Å². The number of likely N-dealkylation sites (tertiary alicyclic amines) is 1. The maximum absolute atomic E-state index is 12.7. The Morgan fingerprint density at radius 1 is 1.21 bits per heavy atom. The highest BCUT2D eigenvalue weighted by atomic mass is 35.5. The second kappa shape index (κ2) is 9.47. The van der Waals surface area contributed by atoms with Crippen molar-refractivity contribution in [1.82, 2.24) is 25.1 Å². The number of aromatic nitrogens is 2. The Balaban J connectivity index is 1.73. The molecule has 1 N–H and O–H groups in total. The number of nitrogens with zero attached hydrogens (tertiary/aromatic N) is 4. The molecule has 0 spiro atoms. The summed E-state index contributed by atoms with van der Waals surface area (Å²) in [6.07, 6.45) is 4.96. The number of halogens is 3. The molecular weight excluding hydrogens is 433 g/mol. The summed E-state index contributed by atoms with van der Waals surface area (Å²) < 4.78 is 0. The summed E-state index contributed by atoms with van der Waals surface area (Å²) in [7, 11) is 3.94. The molecule has 1 aromatic heterocycles. The molecule has 1 aliphatic rings. The Kier molecular flexibility index (Phi) is 7.22. The lowest BCUT2D eigenvalue weighted by Crippen LogP contribution is -2.48. The Labute approximate surface area is 186 Å². The van der Waals surface area contributed by atoms with Crippen LogP contribution >= 0.6 is 34.8 Å². The van der Waals surface area contributed by atoms with Crippen LogP contribution in [-0.4, -0.2) is 59.0 Å². The van der Waals surface area contributed by atoms with Gasteiger partial charge in [-0.25, -0.2) is 9.78 Å². The summed E-state index contributed by atoms with van der Waals surface area (Å²) >= 11 is 18.9. The third kappa shape index (κ3) is 5.12. The average molecular weight is 457 g/mol. The van der Waals surface area contributed by atoms with Gasteiger partial charge in [-0.15, -0.1) is 0 Å². The van der Waals surface area contributed by atoms with Crippen LogP contribution in [0.25, 0.3) is 11.3 Å². The van der Waals surface area contributed by atoms with Crippen LogP contribution in [0.2, 0.25) is 15.2 Å². The lowest BCUT2D eigenvalue weighted by Gasteiger charge is -2.35. The molecule has 2 aromatic rings. The monoisotopic (exact) mass is 455 g/mol. The van der Waals surface area contributed by atoms with Crippen molar-refractivity contribution in [3.63, 3.8) is 0 Å². The maximum Gasteiger partial charge on any atom is 0.317 e. The van der Waals surface area contributed by atoms with Crippen molar-refractivity contribution >= 4 is 40.8 Å². The zero-order valence-corrected chi connectivity index (χ0v) is 18.9. The van der Waals surface area contributed by atoms with Crippen LogP contribution in [0.3, 0.4) is 0 Å². The molecule has 2 heterocycles. The second-order valence-corrected chi connectivity index (χ2v) is 8.52. The summed E-state index contributed by atoms with van der Waals surface area (Å²) in [6.45, 7) is 3.87. The molecule has 1 atom stereocenters. The number of hydrogen-bond acceptors (Lipinski definition) is 4. The first-order valence-corrected chi connectivity index (χ1v) is 10.6. The number of piperidine rings is 1. The molecule has 1 aromatic carbocycles. The SMILES string of the molecule is CC(NC(=O)N(C)C1CCN(C)CC1)c1ccc(-c2cncc(Cl)n2)c(Cl)c1Cl. The second-order valence-electron chi connectivity index (χ2n) is 7.37. The molecule has 6 nitrogen and oxygen atoms in total. The lowest BCUT2D eigenvalue weighted by molar-refractivity contribution is 0.146. The summed E-state index contributed by atoms with van der Waals surface area (Å²) in [5.41, 5.74) is 1.91. The fraction of sp³-hybridized carbons (Fsp3) is 0.450. The zero-order chi connectivity index (χ0) is 21.1. The number of nitrogens with one attached hydrogen (secondary N) is 1. The molecule has 1 unspecified atom stereocenters. The van der Waals surface area contributed by atoms with Gasteiger partial charge in [0.05, 0.1) is 34.2 Å². The van der Waals surface area contributed by atoms with E-state index < -0.39 is 0 Å². The van der Waals surface area contributed by atoms with Crippen LogP contribution in [0.4, 0.5) is 4.79 Å². The molecular formula is C20H24Cl3N5O. The van der Waals surface area contributed by atoms with E-state index >= 15 is 0 Å². The highest BCUT2D eigenvalue weighted by Crippen LogP contribution is 2.37. The molecule has 0 aliphatic carbocycles. The Morgan fingerprint density at radius 2 is 1.90 bits per heavy atom. The highest BCUT2D eigenvalue weighted by molar-refractivity contribution is 6.44. The highest BCUT2D eigenvalue weighted by Gasteiger charge is 2.25. The molecule has 2 amide bonds. The van der Waals surface area contributed by atoms with E-state index in [-0.39, 0.29) is 23.3 Å². The zero-order valence-electron chi connectivity index (χ0n) is 16.6. The van der Waals surface area contributed by atoms with E-state index in [1.165, 1.54) is 6.20 Å². The normalized spacial score (nSPS) is 16.5. The smallest absolute Gasteiger partial charge is 0.317 e. The number of carbonyl (C=O) groups excluding carboxylic acids is 1. The van der Waals surface area contributed by atoms with E-state index in [4.69, 9.17) is 34.8 Å². The van der Waals surface area contributed by atoms with Crippen molar-refractivity contribution in [2.24, 2.45) is 0 Å². The van der Waals surface area contributed by atoms with Gasteiger partial charge in [-0.1, -0.05) is 46.9 Å². The van der Waals surface area contributed by atoms with Gasteiger partial charge in [-0.2, -0.15) is 0 Å². The van der Waals surface area contributed by atoms with E-state index in [1.54, 1.807) is 11.1 Å². The Hall–Kier alpha value is -1.60. The molecule has 0 bridgehead atoms. The number of urea groups is 1. The van der Waals surface area contributed by atoms with Gasteiger partial charge in [0, 0.05) is 18.7 Å². The molecule has 1 saturated heterocycles. The predicted octanol–water partition coefficient (Wildman–Crippen LogP) is 4.90. The van der Waals surface area contributed by atoms with Gasteiger partial charge in [0.25, 0.3) is 0 Å². The largest absolute Gasteiger partial charge is 0.331 e. The van der Waals surface area contributed by atoms with Crippen molar-refractivity contribution in [3.8, 4) is 11.3 Å². The fourth-order valence-corrected chi connectivity index (χ4v) is 4.23. The van der Waals surface area contributed by atoms with Crippen LogP contribution in [0.1, 0.15) is 31.4 Å². The third-order valence-corrected chi connectivity index (χ3v) is 6.43. The standard InChI is InChI=1S/C20H24Cl3N5O/c1-12(25-20(29)28(3)13-6-8-27(2)9-7-13)14-4-5-15(19(23)18(14)22)16-10-24-11-17(21)26-16/h4-5,10-13H,6-9H2,1-3H3,(H,25,29). The van der Waals surface area contributed by atoms with Gasteiger partial charge in [0.15, 0.2) is 0 Å². The minimum absolute atomic E-state index is 0.121. The van der Waals surface area contributed by atoms with Gasteiger partial charge in [0.2, 0.25) is 0 Å². The molecule has 1 aliphatic heterocycles. The molecule has 29 heavy (non-hydrogen) atoms. The summed E-state index contributed by atoms with van der Waals surface area (Å²) in [6, 6.07) is 3.46. The Morgan fingerprint density at radius 3 is 2.55 bits per heavy atom. The fourth-order valence-electron chi connectivity index (χ4n) is 3.48. The van der Waals surface area contributed by atoms with Crippen molar-refractivity contribution in [2.45, 2.75) is 31.8 Å².